The number of rotatable bonds is 8. The average molecular weight is 406 g/mol. The number of hydrogen-bond acceptors (Lipinski definition) is 5. The number of carbonyl (C=O) groups excluding carboxylic acids is 1. The van der Waals surface area contributed by atoms with Crippen LogP contribution in [0.5, 0.6) is 0 Å². The molecule has 0 radical (unpaired) electrons. The molecule has 0 bridgehead atoms. The Morgan fingerprint density at radius 2 is 1.79 bits per heavy atom. The first-order chi connectivity index (χ1) is 13.6. The van der Waals surface area contributed by atoms with Gasteiger partial charge in [-0.3, -0.25) is 5.32 Å². The van der Waals surface area contributed by atoms with Gasteiger partial charge in [0.25, 0.3) is 0 Å². The van der Waals surface area contributed by atoms with Gasteiger partial charge in [-0.05, 0) is 70.3 Å². The number of nitrogens with one attached hydrogen (secondary N) is 2. The Morgan fingerprint density at radius 3 is 2.38 bits per heavy atom. The van der Waals surface area contributed by atoms with Crippen LogP contribution in [0.2, 0.25) is 0 Å². The minimum Gasteiger partial charge on any atom is -0.446 e. The van der Waals surface area contributed by atoms with Crippen molar-refractivity contribution in [2.45, 2.75) is 97.4 Å². The van der Waals surface area contributed by atoms with Crippen molar-refractivity contribution in [2.75, 3.05) is 11.9 Å². The standard InChI is InChI=1S/C23H39N3O3/c1-7-9-17-10-11-19(13-18(17)16-24-12-8-2)25-21(27)29-20-14-22(3,4)26(28)23(5,6)15-20/h10-11,13,20,24,28H,7-9,12,14-16H2,1-6H3,(H,25,27). The van der Waals surface area contributed by atoms with E-state index in [1.807, 2.05) is 39.8 Å². The third-order valence-electron chi connectivity index (χ3n) is 5.59. The number of benzene rings is 1. The third-order valence-corrected chi connectivity index (χ3v) is 5.59. The summed E-state index contributed by atoms with van der Waals surface area (Å²) < 4.78 is 5.73. The summed E-state index contributed by atoms with van der Waals surface area (Å²) in [5, 5.41) is 18.1. The minimum atomic E-state index is -0.452. The van der Waals surface area contributed by atoms with E-state index in [4.69, 9.17) is 4.74 Å². The van der Waals surface area contributed by atoms with Crippen molar-refractivity contribution in [3.8, 4) is 0 Å². The van der Waals surface area contributed by atoms with Crippen LogP contribution in [0, 0.1) is 0 Å². The van der Waals surface area contributed by atoms with Crippen molar-refractivity contribution in [2.24, 2.45) is 0 Å². The second kappa shape index (κ2) is 9.92. The Bertz CT molecular complexity index is 670. The Kier molecular flexibility index (Phi) is 8.09. The van der Waals surface area contributed by atoms with Gasteiger partial charge in [0.1, 0.15) is 6.10 Å². The first kappa shape index (κ1) is 23.6. The molecule has 6 nitrogen and oxygen atoms in total. The lowest BCUT2D eigenvalue weighted by Crippen LogP contribution is -2.60. The number of piperidine rings is 1. The van der Waals surface area contributed by atoms with Gasteiger partial charge in [0.15, 0.2) is 0 Å². The maximum atomic E-state index is 12.5. The predicted octanol–water partition coefficient (Wildman–Crippen LogP) is 5.10. The minimum absolute atomic E-state index is 0.242. The number of carbonyl (C=O) groups is 1. The number of hydrogen-bond donors (Lipinski definition) is 3. The number of aryl methyl sites for hydroxylation is 1. The summed E-state index contributed by atoms with van der Waals surface area (Å²) in [5.74, 6) is 0. The molecule has 2 rings (SSSR count). The van der Waals surface area contributed by atoms with Crippen molar-refractivity contribution in [3.63, 3.8) is 0 Å². The summed E-state index contributed by atoms with van der Waals surface area (Å²) in [6.07, 6.45) is 3.69. The first-order valence-corrected chi connectivity index (χ1v) is 10.9. The van der Waals surface area contributed by atoms with E-state index >= 15 is 0 Å². The van der Waals surface area contributed by atoms with E-state index in [-0.39, 0.29) is 6.10 Å². The van der Waals surface area contributed by atoms with Gasteiger partial charge in [-0.1, -0.05) is 26.3 Å². The van der Waals surface area contributed by atoms with Crippen molar-refractivity contribution in [3.05, 3.63) is 29.3 Å². The monoisotopic (exact) mass is 405 g/mol. The molecule has 0 atom stereocenters. The van der Waals surface area contributed by atoms with Gasteiger partial charge < -0.3 is 15.3 Å². The highest BCUT2D eigenvalue weighted by Crippen LogP contribution is 2.38. The highest BCUT2D eigenvalue weighted by molar-refractivity contribution is 5.84. The third kappa shape index (κ3) is 6.43. The number of nitrogens with zero attached hydrogens (tertiary/aromatic N) is 1. The van der Waals surface area contributed by atoms with Gasteiger partial charge in [-0.25, -0.2) is 4.79 Å². The molecule has 0 unspecified atom stereocenters. The molecule has 1 aliphatic heterocycles. The Hall–Kier alpha value is -1.63. The molecule has 1 amide bonds. The largest absolute Gasteiger partial charge is 0.446 e. The summed E-state index contributed by atoms with van der Waals surface area (Å²) in [4.78, 5) is 12.5. The van der Waals surface area contributed by atoms with Crippen LogP contribution in [0.4, 0.5) is 10.5 Å². The summed E-state index contributed by atoms with van der Waals surface area (Å²) in [6, 6.07) is 6.08. The zero-order valence-electron chi connectivity index (χ0n) is 19.0. The van der Waals surface area contributed by atoms with Crippen LogP contribution in [-0.2, 0) is 17.7 Å². The summed E-state index contributed by atoms with van der Waals surface area (Å²) in [5.41, 5.74) is 2.38. The van der Waals surface area contributed by atoms with Crippen molar-refractivity contribution >= 4 is 11.8 Å². The molecular weight excluding hydrogens is 366 g/mol. The second-order valence-corrected chi connectivity index (χ2v) is 9.41. The first-order valence-electron chi connectivity index (χ1n) is 10.9. The van der Waals surface area contributed by atoms with Crippen molar-refractivity contribution < 1.29 is 14.7 Å². The smallest absolute Gasteiger partial charge is 0.411 e. The fourth-order valence-electron chi connectivity index (χ4n) is 4.34. The molecule has 0 saturated carbocycles. The molecule has 1 fully saturated rings. The van der Waals surface area contributed by atoms with E-state index in [0.29, 0.717) is 12.8 Å². The zero-order valence-corrected chi connectivity index (χ0v) is 19.0. The van der Waals surface area contributed by atoms with E-state index in [2.05, 4.69) is 30.5 Å². The van der Waals surface area contributed by atoms with Crippen LogP contribution < -0.4 is 10.6 Å². The maximum absolute atomic E-state index is 12.5. The molecular formula is C23H39N3O3. The van der Waals surface area contributed by atoms with E-state index in [9.17, 15) is 10.0 Å². The fourth-order valence-corrected chi connectivity index (χ4v) is 4.34. The Labute approximate surface area is 176 Å². The number of amides is 1. The predicted molar refractivity (Wildman–Crippen MR) is 117 cm³/mol. The molecule has 0 aromatic heterocycles. The number of anilines is 1. The molecule has 1 aliphatic rings. The molecule has 1 aromatic carbocycles. The molecule has 164 valence electrons. The average Bonchev–Trinajstić information content (AvgIpc) is 2.61. The topological polar surface area (TPSA) is 73.8 Å². The quantitative estimate of drug-likeness (QED) is 0.525. The molecule has 1 aromatic rings. The maximum Gasteiger partial charge on any atom is 0.411 e. The normalized spacial score (nSPS) is 19.1. The Balaban J connectivity index is 2.03. The summed E-state index contributed by atoms with van der Waals surface area (Å²) >= 11 is 0. The van der Waals surface area contributed by atoms with Gasteiger partial charge in [-0.2, -0.15) is 5.06 Å². The second-order valence-electron chi connectivity index (χ2n) is 9.41. The van der Waals surface area contributed by atoms with Crippen LogP contribution in [0.3, 0.4) is 0 Å². The lowest BCUT2D eigenvalue weighted by Gasteiger charge is -2.50. The number of ether oxygens (including phenoxy) is 1. The van der Waals surface area contributed by atoms with Crippen molar-refractivity contribution in [1.82, 2.24) is 10.4 Å². The van der Waals surface area contributed by atoms with E-state index in [1.165, 1.54) is 16.2 Å². The fraction of sp³-hybridized carbons (Fsp3) is 0.696. The van der Waals surface area contributed by atoms with Crippen LogP contribution in [0.25, 0.3) is 0 Å². The van der Waals surface area contributed by atoms with Crippen molar-refractivity contribution in [1.29, 1.82) is 0 Å². The van der Waals surface area contributed by atoms with Gasteiger partial charge in [-0.15, -0.1) is 0 Å². The summed E-state index contributed by atoms with van der Waals surface area (Å²) in [6.45, 7) is 13.9. The molecule has 3 N–H and O–H groups in total. The highest BCUT2D eigenvalue weighted by Gasteiger charge is 2.46. The van der Waals surface area contributed by atoms with E-state index in [0.717, 1.165) is 38.0 Å². The van der Waals surface area contributed by atoms with E-state index < -0.39 is 17.2 Å². The lowest BCUT2D eigenvalue weighted by atomic mass is 9.80. The zero-order chi connectivity index (χ0) is 21.7. The lowest BCUT2D eigenvalue weighted by molar-refractivity contribution is -0.256. The van der Waals surface area contributed by atoms with Crippen LogP contribution in [-0.4, -0.2) is 40.1 Å². The Morgan fingerprint density at radius 1 is 1.14 bits per heavy atom. The molecule has 1 heterocycles. The van der Waals surface area contributed by atoms with Gasteiger partial charge in [0.2, 0.25) is 0 Å². The van der Waals surface area contributed by atoms with Crippen LogP contribution >= 0.6 is 0 Å². The van der Waals surface area contributed by atoms with Gasteiger partial charge >= 0.3 is 6.09 Å². The summed E-state index contributed by atoms with van der Waals surface area (Å²) in [7, 11) is 0. The van der Waals surface area contributed by atoms with Gasteiger partial charge in [0.05, 0.1) is 0 Å². The molecule has 0 spiro atoms. The molecule has 6 heteroatoms. The SMILES string of the molecule is CCCNCc1cc(NC(=O)OC2CC(C)(C)N(O)C(C)(C)C2)ccc1CCC. The van der Waals surface area contributed by atoms with E-state index in [1.54, 1.807) is 0 Å². The number of hydroxylamine groups is 2. The molecule has 29 heavy (non-hydrogen) atoms. The molecule has 0 aliphatic carbocycles. The van der Waals surface area contributed by atoms with Gasteiger partial charge in [0, 0.05) is 36.2 Å². The highest BCUT2D eigenvalue weighted by atomic mass is 16.6. The van der Waals surface area contributed by atoms with Crippen LogP contribution in [0.1, 0.15) is 78.4 Å². The molecule has 1 saturated heterocycles. The van der Waals surface area contributed by atoms with Crippen LogP contribution in [0.15, 0.2) is 18.2 Å².